The van der Waals surface area contributed by atoms with Gasteiger partial charge in [-0.1, -0.05) is 30.3 Å². The molecule has 1 aliphatic heterocycles. The third kappa shape index (κ3) is 3.67. The van der Waals surface area contributed by atoms with Crippen LogP contribution in [-0.4, -0.2) is 26.6 Å². The van der Waals surface area contributed by atoms with E-state index in [4.69, 9.17) is 0 Å². The van der Waals surface area contributed by atoms with Gasteiger partial charge in [-0.25, -0.2) is 4.68 Å². The van der Waals surface area contributed by atoms with Gasteiger partial charge in [0.05, 0.1) is 5.57 Å². The number of rotatable bonds is 4. The number of hydrogen-bond acceptors (Lipinski definition) is 5. The first-order valence-corrected chi connectivity index (χ1v) is 9.56. The molecule has 1 aliphatic rings. The lowest BCUT2D eigenvalue weighted by molar-refractivity contribution is -0.114. The molecule has 0 fully saturated rings. The second-order valence-corrected chi connectivity index (χ2v) is 7.17. The number of benzene rings is 2. The van der Waals surface area contributed by atoms with E-state index in [1.165, 1.54) is 13.3 Å². The molecule has 0 saturated heterocycles. The van der Waals surface area contributed by atoms with Gasteiger partial charge >= 0.3 is 0 Å². The third-order valence-electron chi connectivity index (χ3n) is 4.98. The van der Waals surface area contributed by atoms with Crippen LogP contribution in [0.3, 0.4) is 0 Å². The van der Waals surface area contributed by atoms with Crippen molar-refractivity contribution in [1.82, 2.24) is 14.8 Å². The summed E-state index contributed by atoms with van der Waals surface area (Å²) < 4.78 is 1.69. The smallest absolute Gasteiger partial charge is 0.255 e. The van der Waals surface area contributed by atoms with Crippen LogP contribution in [0.5, 0.6) is 0 Å². The number of amides is 2. The number of aromatic nitrogens is 3. The highest BCUT2D eigenvalue weighted by molar-refractivity contribution is 6.06. The van der Waals surface area contributed by atoms with Crippen LogP contribution in [0.25, 0.3) is 0 Å². The Kier molecular flexibility index (Phi) is 5.05. The van der Waals surface area contributed by atoms with E-state index in [-0.39, 0.29) is 11.8 Å². The summed E-state index contributed by atoms with van der Waals surface area (Å²) in [6, 6.07) is 14.5. The molecule has 2 heterocycles. The van der Waals surface area contributed by atoms with Crippen LogP contribution in [0, 0.1) is 6.92 Å². The van der Waals surface area contributed by atoms with Crippen LogP contribution in [0.15, 0.2) is 66.1 Å². The highest BCUT2D eigenvalue weighted by atomic mass is 16.2. The van der Waals surface area contributed by atoms with Gasteiger partial charge in [0.15, 0.2) is 0 Å². The Bertz CT molecular complexity index is 1150. The van der Waals surface area contributed by atoms with Crippen LogP contribution >= 0.6 is 0 Å². The summed E-state index contributed by atoms with van der Waals surface area (Å²) in [4.78, 5) is 28.9. The van der Waals surface area contributed by atoms with E-state index in [0.717, 1.165) is 16.8 Å². The number of carbonyl (C=O) groups is 2. The molecule has 1 aromatic heterocycles. The van der Waals surface area contributed by atoms with E-state index in [0.29, 0.717) is 22.9 Å². The Morgan fingerprint density at radius 1 is 1.03 bits per heavy atom. The van der Waals surface area contributed by atoms with E-state index >= 15 is 0 Å². The Morgan fingerprint density at radius 3 is 2.47 bits per heavy atom. The quantitative estimate of drug-likeness (QED) is 0.620. The van der Waals surface area contributed by atoms with E-state index in [1.807, 2.05) is 62.4 Å². The largest absolute Gasteiger partial charge is 0.328 e. The minimum Gasteiger partial charge on any atom is -0.328 e. The molecule has 0 unspecified atom stereocenters. The fraction of sp³-hybridized carbons (Fsp3) is 0.182. The number of hydrogen-bond donors (Lipinski definition) is 3. The van der Waals surface area contributed by atoms with Gasteiger partial charge in [0.2, 0.25) is 11.9 Å². The lowest BCUT2D eigenvalue weighted by atomic mass is 9.94. The van der Waals surface area contributed by atoms with E-state index in [1.54, 1.807) is 4.68 Å². The molecule has 2 aromatic carbocycles. The monoisotopic (exact) mass is 402 g/mol. The average molecular weight is 402 g/mol. The molecule has 0 bridgehead atoms. The summed E-state index contributed by atoms with van der Waals surface area (Å²) in [7, 11) is 0. The molecular weight excluding hydrogens is 380 g/mol. The van der Waals surface area contributed by atoms with Crippen molar-refractivity contribution in [3.63, 3.8) is 0 Å². The fourth-order valence-electron chi connectivity index (χ4n) is 3.55. The maximum Gasteiger partial charge on any atom is 0.255 e. The van der Waals surface area contributed by atoms with Gasteiger partial charge in [0.1, 0.15) is 12.4 Å². The van der Waals surface area contributed by atoms with Gasteiger partial charge in [-0.15, -0.1) is 0 Å². The Labute approximate surface area is 174 Å². The van der Waals surface area contributed by atoms with Crippen molar-refractivity contribution in [1.29, 1.82) is 0 Å². The zero-order valence-corrected chi connectivity index (χ0v) is 16.9. The number of fused-ring (bicyclic) bond motifs is 1. The van der Waals surface area contributed by atoms with Crippen LogP contribution in [0.2, 0.25) is 0 Å². The first-order chi connectivity index (χ1) is 14.4. The molecule has 8 heteroatoms. The van der Waals surface area contributed by atoms with Crippen molar-refractivity contribution < 1.29 is 9.59 Å². The highest BCUT2D eigenvalue weighted by Crippen LogP contribution is 2.35. The van der Waals surface area contributed by atoms with Crippen LogP contribution < -0.4 is 16.0 Å². The van der Waals surface area contributed by atoms with E-state index < -0.39 is 6.04 Å². The topological polar surface area (TPSA) is 101 Å². The molecule has 0 spiro atoms. The Hall–Kier alpha value is -3.94. The number of aryl methyl sites for hydroxylation is 1. The first-order valence-electron chi connectivity index (χ1n) is 9.56. The highest BCUT2D eigenvalue weighted by Gasteiger charge is 2.33. The van der Waals surface area contributed by atoms with Crippen LogP contribution in [0.1, 0.15) is 31.0 Å². The molecule has 0 radical (unpaired) electrons. The van der Waals surface area contributed by atoms with Gasteiger partial charge in [-0.05, 0) is 43.2 Å². The van der Waals surface area contributed by atoms with Gasteiger partial charge < -0.3 is 16.0 Å². The lowest BCUT2D eigenvalue weighted by Crippen LogP contribution is -2.31. The summed E-state index contributed by atoms with van der Waals surface area (Å²) >= 11 is 0. The third-order valence-corrected chi connectivity index (χ3v) is 4.98. The van der Waals surface area contributed by atoms with Crippen molar-refractivity contribution >= 4 is 29.1 Å². The second kappa shape index (κ2) is 7.82. The minimum absolute atomic E-state index is 0.141. The first kappa shape index (κ1) is 19.4. The van der Waals surface area contributed by atoms with Crippen LogP contribution in [0.4, 0.5) is 17.3 Å². The number of nitrogens with zero attached hydrogens (tertiary/aromatic N) is 3. The maximum absolute atomic E-state index is 13.3. The molecule has 2 amide bonds. The molecule has 8 nitrogen and oxygen atoms in total. The summed E-state index contributed by atoms with van der Waals surface area (Å²) in [5, 5.41) is 13.3. The zero-order chi connectivity index (χ0) is 21.3. The Balaban J connectivity index is 1.73. The van der Waals surface area contributed by atoms with Gasteiger partial charge in [0.25, 0.3) is 5.91 Å². The molecule has 0 aliphatic carbocycles. The number of carbonyl (C=O) groups excluding carboxylic acids is 2. The fourth-order valence-corrected chi connectivity index (χ4v) is 3.55. The maximum atomic E-state index is 13.3. The number of nitrogens with one attached hydrogen (secondary N) is 3. The number of allylic oxidation sites excluding steroid dienone is 1. The zero-order valence-electron chi connectivity index (χ0n) is 16.9. The molecule has 3 aromatic rings. The number of anilines is 3. The van der Waals surface area contributed by atoms with Gasteiger partial charge in [0, 0.05) is 24.0 Å². The summed E-state index contributed by atoms with van der Waals surface area (Å²) in [5.41, 5.74) is 4.52. The SMILES string of the molecule is CC(=O)Nc1ccc([C@@H]2C(C(=O)Nc3ccccc3C)=C(C)Nc3ncnn32)cc1. The van der Waals surface area contributed by atoms with Crippen molar-refractivity contribution in [2.45, 2.75) is 26.8 Å². The predicted molar refractivity (Wildman–Crippen MR) is 115 cm³/mol. The molecule has 152 valence electrons. The molecular formula is C22H22N6O2. The van der Waals surface area contributed by atoms with Crippen molar-refractivity contribution in [3.05, 3.63) is 77.3 Å². The normalized spacial score (nSPS) is 15.2. The lowest BCUT2D eigenvalue weighted by Gasteiger charge is -2.29. The summed E-state index contributed by atoms with van der Waals surface area (Å²) in [6.45, 7) is 5.26. The van der Waals surface area contributed by atoms with E-state index in [2.05, 4.69) is 26.0 Å². The van der Waals surface area contributed by atoms with E-state index in [9.17, 15) is 9.59 Å². The van der Waals surface area contributed by atoms with Crippen molar-refractivity contribution in [2.75, 3.05) is 16.0 Å². The Morgan fingerprint density at radius 2 is 1.77 bits per heavy atom. The summed E-state index contributed by atoms with van der Waals surface area (Å²) in [6.07, 6.45) is 1.45. The predicted octanol–water partition coefficient (Wildman–Crippen LogP) is 3.47. The van der Waals surface area contributed by atoms with Gasteiger partial charge in [-0.3, -0.25) is 9.59 Å². The molecule has 30 heavy (non-hydrogen) atoms. The van der Waals surface area contributed by atoms with Crippen molar-refractivity contribution in [2.24, 2.45) is 0 Å². The van der Waals surface area contributed by atoms with Crippen LogP contribution in [-0.2, 0) is 9.59 Å². The van der Waals surface area contributed by atoms with Gasteiger partial charge in [-0.2, -0.15) is 10.1 Å². The van der Waals surface area contributed by atoms with Crippen molar-refractivity contribution in [3.8, 4) is 0 Å². The average Bonchev–Trinajstić information content (AvgIpc) is 3.17. The molecule has 0 saturated carbocycles. The molecule has 3 N–H and O–H groups in total. The summed E-state index contributed by atoms with van der Waals surface area (Å²) in [5.74, 6) is 0.208. The number of para-hydroxylation sites is 1. The second-order valence-electron chi connectivity index (χ2n) is 7.17. The standard InChI is InChI=1S/C22H22N6O2/c1-13-6-4-5-7-18(13)27-21(30)19-14(2)25-22-23-12-24-28(22)20(19)16-8-10-17(11-9-16)26-15(3)29/h4-12,20H,1-3H3,(H,26,29)(H,27,30)(H,23,24,25)/t20-/m1/s1. The molecule has 1 atom stereocenters. The minimum atomic E-state index is -0.459. The molecule has 4 rings (SSSR count).